The van der Waals surface area contributed by atoms with E-state index >= 15 is 0 Å². The Labute approximate surface area is 349 Å². The van der Waals surface area contributed by atoms with Crippen molar-refractivity contribution in [1.82, 2.24) is 4.90 Å². The number of hydrogen-bond acceptors (Lipinski definition) is 6. The zero-order chi connectivity index (χ0) is 42.5. The smallest absolute Gasteiger partial charge is 0.496 e. The van der Waals surface area contributed by atoms with Gasteiger partial charge in [-0.3, -0.25) is 4.90 Å². The number of ether oxygens (including phenoxy) is 4. The maximum Gasteiger partial charge on any atom is 0.573 e. The van der Waals surface area contributed by atoms with Crippen LogP contribution in [0, 0.1) is 6.92 Å². The van der Waals surface area contributed by atoms with Gasteiger partial charge in [0.1, 0.15) is 11.5 Å². The fraction of sp³-hybridized carbons (Fsp3) is 0.360. The van der Waals surface area contributed by atoms with Gasteiger partial charge in [-0.25, -0.2) is 0 Å². The quantitative estimate of drug-likeness (QED) is 0.105. The van der Waals surface area contributed by atoms with E-state index in [-0.39, 0.29) is 11.8 Å². The van der Waals surface area contributed by atoms with Gasteiger partial charge in [0.25, 0.3) is 0 Å². The monoisotopic (exact) mass is 808 g/mol. The zero-order valence-corrected chi connectivity index (χ0v) is 35.6. The molecule has 1 aliphatic heterocycles. The molecule has 0 atom stereocenters. The van der Waals surface area contributed by atoms with E-state index in [2.05, 4.69) is 103 Å². The van der Waals surface area contributed by atoms with E-state index in [1.165, 1.54) is 40.8 Å². The van der Waals surface area contributed by atoms with Crippen LogP contribution >= 0.6 is 0 Å². The number of rotatable bonds is 15. The van der Waals surface area contributed by atoms with Crippen LogP contribution in [0.5, 0.6) is 23.0 Å². The molecule has 0 unspecified atom stereocenters. The van der Waals surface area contributed by atoms with E-state index in [4.69, 9.17) is 14.2 Å². The first-order valence-corrected chi connectivity index (χ1v) is 20.5. The SMILES string of the molecule is C=Cc1cc(-c2cccc(CN(c3ccc(OC(F)(F)F)cc3)C3CCN(Cc4cccc(-c5cc(CCC)c(C)c(OC)c5)c4)CC3)c2)cc(OC)c1OC.CCC. The van der Waals surface area contributed by atoms with Crippen LogP contribution in [-0.4, -0.2) is 51.7 Å². The molecule has 1 heterocycles. The van der Waals surface area contributed by atoms with Crippen LogP contribution in [0.2, 0.25) is 0 Å². The molecule has 0 amide bonds. The molecule has 1 saturated heterocycles. The molecular formula is C50H59F3N2O4. The number of anilines is 1. The Balaban J connectivity index is 0.00000214. The molecule has 6 rings (SSSR count). The Hall–Kier alpha value is -5.41. The largest absolute Gasteiger partial charge is 0.573 e. The summed E-state index contributed by atoms with van der Waals surface area (Å²) in [4.78, 5) is 4.80. The van der Waals surface area contributed by atoms with Crippen molar-refractivity contribution in [3.05, 3.63) is 131 Å². The van der Waals surface area contributed by atoms with Crippen LogP contribution in [0.4, 0.5) is 18.9 Å². The van der Waals surface area contributed by atoms with Crippen molar-refractivity contribution in [2.75, 3.05) is 39.3 Å². The maximum atomic E-state index is 13.0. The van der Waals surface area contributed by atoms with Crippen molar-refractivity contribution in [1.29, 1.82) is 0 Å². The van der Waals surface area contributed by atoms with Gasteiger partial charge in [-0.1, -0.05) is 88.7 Å². The molecule has 0 radical (unpaired) electrons. The minimum atomic E-state index is -4.76. The highest BCUT2D eigenvalue weighted by Crippen LogP contribution is 2.38. The van der Waals surface area contributed by atoms with Crippen molar-refractivity contribution in [2.24, 2.45) is 0 Å². The molecule has 0 spiro atoms. The number of hydrogen-bond donors (Lipinski definition) is 0. The standard InChI is InChI=1S/C47H51F3N2O4.C3H8/c1-7-11-36-27-40(28-44(53-4)32(36)3)37-14-9-12-33(24-37)30-51-22-20-42(21-23-51)52(41-16-18-43(19-17-41)56-47(48,49)50)31-34-13-10-15-38(25-34)39-26-35(8-2)46(55-6)45(29-39)54-5;1-3-2/h8-10,12-19,24-29,42H,2,7,11,20-23,30-31H2,1,3-6H3;3H2,1-2H3. The third-order valence-corrected chi connectivity index (χ3v) is 10.6. The highest BCUT2D eigenvalue weighted by atomic mass is 19.4. The topological polar surface area (TPSA) is 43.4 Å². The van der Waals surface area contributed by atoms with Gasteiger partial charge < -0.3 is 23.8 Å². The lowest BCUT2D eigenvalue weighted by molar-refractivity contribution is -0.274. The highest BCUT2D eigenvalue weighted by Gasteiger charge is 2.31. The molecule has 1 aliphatic rings. The third-order valence-electron chi connectivity index (χ3n) is 10.6. The predicted octanol–water partition coefficient (Wildman–Crippen LogP) is 12.9. The number of halogens is 3. The van der Waals surface area contributed by atoms with Gasteiger partial charge in [0.05, 0.1) is 21.3 Å². The van der Waals surface area contributed by atoms with Crippen LogP contribution in [0.15, 0.2) is 104 Å². The van der Waals surface area contributed by atoms with Gasteiger partial charge in [-0.2, -0.15) is 0 Å². The normalized spacial score (nSPS) is 13.3. The first-order valence-electron chi connectivity index (χ1n) is 20.5. The van der Waals surface area contributed by atoms with Crippen LogP contribution in [0.25, 0.3) is 28.3 Å². The summed E-state index contributed by atoms with van der Waals surface area (Å²) < 4.78 is 60.2. The number of alkyl halides is 3. The van der Waals surface area contributed by atoms with E-state index in [1.807, 2.05) is 18.2 Å². The number of likely N-dealkylation sites (tertiary alicyclic amines) is 1. The maximum absolute atomic E-state index is 13.0. The summed E-state index contributed by atoms with van der Waals surface area (Å²) in [5, 5.41) is 0. The molecule has 9 heteroatoms. The third kappa shape index (κ3) is 11.8. The van der Waals surface area contributed by atoms with Crippen molar-refractivity contribution >= 4 is 11.8 Å². The summed E-state index contributed by atoms with van der Waals surface area (Å²) in [6.45, 7) is 15.7. The molecule has 5 aromatic rings. The van der Waals surface area contributed by atoms with E-state index in [0.29, 0.717) is 18.0 Å². The lowest BCUT2D eigenvalue weighted by Gasteiger charge is -2.40. The summed E-state index contributed by atoms with van der Waals surface area (Å²) in [5.74, 6) is 1.92. The lowest BCUT2D eigenvalue weighted by Crippen LogP contribution is -2.44. The second-order valence-electron chi connectivity index (χ2n) is 15.0. The van der Waals surface area contributed by atoms with Gasteiger partial charge in [-0.05, 0) is 125 Å². The summed E-state index contributed by atoms with van der Waals surface area (Å²) in [7, 11) is 4.95. The van der Waals surface area contributed by atoms with Gasteiger partial charge in [0, 0.05) is 43.5 Å². The average Bonchev–Trinajstić information content (AvgIpc) is 3.23. The van der Waals surface area contributed by atoms with Crippen LogP contribution < -0.4 is 23.8 Å². The minimum Gasteiger partial charge on any atom is -0.496 e. The van der Waals surface area contributed by atoms with Crippen LogP contribution in [0.3, 0.4) is 0 Å². The number of aryl methyl sites for hydroxylation is 1. The lowest BCUT2D eigenvalue weighted by atomic mass is 9.95. The number of nitrogens with zero attached hydrogens (tertiary/aromatic N) is 2. The average molecular weight is 809 g/mol. The Kier molecular flexibility index (Phi) is 15.9. The number of methoxy groups -OCH3 is 3. The molecular weight excluding hydrogens is 750 g/mol. The van der Waals surface area contributed by atoms with Crippen molar-refractivity contribution in [2.45, 2.75) is 85.3 Å². The minimum absolute atomic E-state index is 0.168. The Morgan fingerprint density at radius 1 is 0.746 bits per heavy atom. The fourth-order valence-corrected chi connectivity index (χ4v) is 7.78. The van der Waals surface area contributed by atoms with E-state index in [1.54, 1.807) is 39.5 Å². The van der Waals surface area contributed by atoms with Gasteiger partial charge in [0.15, 0.2) is 11.5 Å². The van der Waals surface area contributed by atoms with Crippen molar-refractivity contribution in [3.63, 3.8) is 0 Å². The van der Waals surface area contributed by atoms with Crippen molar-refractivity contribution in [3.8, 4) is 45.3 Å². The number of piperidine rings is 1. The first-order chi connectivity index (χ1) is 28.4. The molecule has 0 aromatic heterocycles. The molecule has 0 aliphatic carbocycles. The van der Waals surface area contributed by atoms with Gasteiger partial charge in [-0.15, -0.1) is 13.2 Å². The summed E-state index contributed by atoms with van der Waals surface area (Å²) in [6, 6.07) is 31.9. The molecule has 314 valence electrons. The molecule has 0 saturated carbocycles. The van der Waals surface area contributed by atoms with E-state index in [0.717, 1.165) is 84.6 Å². The molecule has 59 heavy (non-hydrogen) atoms. The molecule has 0 N–H and O–H groups in total. The Bertz CT molecular complexity index is 2120. The van der Waals surface area contributed by atoms with Crippen LogP contribution in [-0.2, 0) is 19.5 Å². The van der Waals surface area contributed by atoms with Gasteiger partial charge >= 0.3 is 6.36 Å². The molecule has 0 bridgehead atoms. The predicted molar refractivity (Wildman–Crippen MR) is 236 cm³/mol. The van der Waals surface area contributed by atoms with E-state index < -0.39 is 6.36 Å². The van der Waals surface area contributed by atoms with Gasteiger partial charge in [0.2, 0.25) is 0 Å². The summed E-state index contributed by atoms with van der Waals surface area (Å²) >= 11 is 0. The Morgan fingerprint density at radius 3 is 1.92 bits per heavy atom. The highest BCUT2D eigenvalue weighted by molar-refractivity contribution is 5.74. The summed E-state index contributed by atoms with van der Waals surface area (Å²) in [5.41, 5.74) is 10.8. The zero-order valence-electron chi connectivity index (χ0n) is 35.6. The molecule has 1 fully saturated rings. The first kappa shape index (κ1) is 44.7. The fourth-order valence-electron chi connectivity index (χ4n) is 7.78. The molecule has 6 nitrogen and oxygen atoms in total. The van der Waals surface area contributed by atoms with Crippen LogP contribution in [0.1, 0.15) is 74.3 Å². The molecule has 5 aromatic carbocycles. The second-order valence-corrected chi connectivity index (χ2v) is 15.0. The Morgan fingerprint density at radius 2 is 1.34 bits per heavy atom. The number of benzene rings is 5. The van der Waals surface area contributed by atoms with E-state index in [9.17, 15) is 13.2 Å². The second kappa shape index (κ2) is 21.0. The van der Waals surface area contributed by atoms with Crippen molar-refractivity contribution < 1.29 is 32.1 Å². The summed E-state index contributed by atoms with van der Waals surface area (Å²) in [6.07, 6.45) is 2.11.